The second kappa shape index (κ2) is 4.77. The number of benzene rings is 1. The third-order valence-corrected chi connectivity index (χ3v) is 3.72. The van der Waals surface area contributed by atoms with Crippen molar-refractivity contribution in [3.8, 4) is 0 Å². The molecule has 1 amide bonds. The van der Waals surface area contributed by atoms with Crippen LogP contribution in [0.4, 0.5) is 11.4 Å². The van der Waals surface area contributed by atoms with E-state index in [9.17, 15) is 25.0 Å². The maximum absolute atomic E-state index is 12.3. The lowest BCUT2D eigenvalue weighted by Gasteiger charge is -2.25. The van der Waals surface area contributed by atoms with Crippen molar-refractivity contribution in [2.24, 2.45) is 0 Å². The molecule has 1 heterocycles. The number of nitro groups is 2. The van der Waals surface area contributed by atoms with Gasteiger partial charge in [-0.15, -0.1) is 0 Å². The molecular weight excluding hydrogens is 282 g/mol. The Kier molecular flexibility index (Phi) is 3.05. The van der Waals surface area contributed by atoms with Crippen molar-refractivity contribution >= 4 is 17.3 Å². The number of rotatable bonds is 3. The molecule has 110 valence electrons. The summed E-state index contributed by atoms with van der Waals surface area (Å²) >= 11 is 0. The smallest absolute Gasteiger partial charge is 0.267 e. The average Bonchev–Trinajstić information content (AvgIpc) is 3.08. The lowest BCUT2D eigenvalue weighted by molar-refractivity contribution is -0.394. The van der Waals surface area contributed by atoms with Crippen LogP contribution in [-0.4, -0.2) is 33.0 Å². The van der Waals surface area contributed by atoms with Gasteiger partial charge in [0.15, 0.2) is 0 Å². The van der Waals surface area contributed by atoms with Crippen molar-refractivity contribution in [3.05, 3.63) is 44.0 Å². The molecule has 0 N–H and O–H groups in total. The summed E-state index contributed by atoms with van der Waals surface area (Å²) in [5, 5.41) is 22.8. The molecule has 9 nitrogen and oxygen atoms in total. The molecular formula is C12H11N3O6. The summed E-state index contributed by atoms with van der Waals surface area (Å²) in [6, 6.07) is 2.84. The zero-order valence-electron chi connectivity index (χ0n) is 10.8. The first-order valence-electron chi connectivity index (χ1n) is 6.40. The van der Waals surface area contributed by atoms with Gasteiger partial charge in [0.25, 0.3) is 17.3 Å². The minimum absolute atomic E-state index is 0.00682. The van der Waals surface area contributed by atoms with E-state index in [4.69, 9.17) is 4.84 Å². The average molecular weight is 293 g/mol. The maximum atomic E-state index is 12.3. The summed E-state index contributed by atoms with van der Waals surface area (Å²) in [5.74, 6) is -0.575. The van der Waals surface area contributed by atoms with Crippen LogP contribution in [0, 0.1) is 20.2 Å². The lowest BCUT2D eigenvalue weighted by Crippen LogP contribution is -2.36. The van der Waals surface area contributed by atoms with Crippen molar-refractivity contribution < 1.29 is 19.5 Å². The molecule has 1 aromatic rings. The topological polar surface area (TPSA) is 116 Å². The van der Waals surface area contributed by atoms with Gasteiger partial charge in [0, 0.05) is 12.1 Å². The molecule has 9 heteroatoms. The second-order valence-corrected chi connectivity index (χ2v) is 5.08. The SMILES string of the molecule is O=C(c1cc([N+](=O)[O-])cc([N+](=O)[O-])c1)N1OC2CCC1C2. The predicted octanol–water partition coefficient (Wildman–Crippen LogP) is 1.81. The molecule has 2 fully saturated rings. The fraction of sp³-hybridized carbons (Fsp3) is 0.417. The van der Waals surface area contributed by atoms with E-state index in [1.165, 1.54) is 5.06 Å². The number of carbonyl (C=O) groups excluding carboxylic acids is 1. The quantitative estimate of drug-likeness (QED) is 0.619. The van der Waals surface area contributed by atoms with E-state index in [0.717, 1.165) is 37.5 Å². The Morgan fingerprint density at radius 2 is 1.76 bits per heavy atom. The Morgan fingerprint density at radius 3 is 2.19 bits per heavy atom. The molecule has 3 rings (SSSR count). The Morgan fingerprint density at radius 1 is 1.14 bits per heavy atom. The van der Waals surface area contributed by atoms with E-state index in [2.05, 4.69) is 0 Å². The van der Waals surface area contributed by atoms with E-state index in [1.807, 2.05) is 0 Å². The van der Waals surface area contributed by atoms with Crippen LogP contribution < -0.4 is 0 Å². The Balaban J connectivity index is 1.95. The van der Waals surface area contributed by atoms with E-state index >= 15 is 0 Å². The standard InChI is InChI=1S/C12H11N3O6/c16-12(13-8-1-2-11(6-8)21-13)7-3-9(14(17)18)5-10(4-7)15(19)20/h3-5,8,11H,1-2,6H2. The van der Waals surface area contributed by atoms with Gasteiger partial charge in [-0.3, -0.25) is 29.9 Å². The summed E-state index contributed by atoms with van der Waals surface area (Å²) in [5.41, 5.74) is -1.09. The van der Waals surface area contributed by atoms with Crippen molar-refractivity contribution in [2.75, 3.05) is 0 Å². The fourth-order valence-electron chi connectivity index (χ4n) is 2.74. The van der Waals surface area contributed by atoms with Crippen molar-refractivity contribution in [3.63, 3.8) is 0 Å². The Labute approximate surface area is 118 Å². The molecule has 2 aliphatic rings. The third-order valence-electron chi connectivity index (χ3n) is 3.72. The first-order valence-corrected chi connectivity index (χ1v) is 6.40. The van der Waals surface area contributed by atoms with Crippen LogP contribution in [0.25, 0.3) is 0 Å². The van der Waals surface area contributed by atoms with E-state index in [-0.39, 0.29) is 17.7 Å². The van der Waals surface area contributed by atoms with Crippen molar-refractivity contribution in [1.29, 1.82) is 0 Å². The van der Waals surface area contributed by atoms with Crippen molar-refractivity contribution in [1.82, 2.24) is 5.06 Å². The second-order valence-electron chi connectivity index (χ2n) is 5.08. The van der Waals surface area contributed by atoms with E-state index < -0.39 is 27.1 Å². The van der Waals surface area contributed by atoms with Crippen LogP contribution in [0.2, 0.25) is 0 Å². The number of hydroxylamine groups is 2. The van der Waals surface area contributed by atoms with Gasteiger partial charge in [0.05, 0.1) is 33.6 Å². The highest BCUT2D eigenvalue weighted by Crippen LogP contribution is 2.36. The highest BCUT2D eigenvalue weighted by Gasteiger charge is 2.42. The molecule has 21 heavy (non-hydrogen) atoms. The summed E-state index contributed by atoms with van der Waals surface area (Å²) in [6.45, 7) is 0. The number of hydrogen-bond donors (Lipinski definition) is 0. The summed E-state index contributed by atoms with van der Waals surface area (Å²) in [4.78, 5) is 37.9. The van der Waals surface area contributed by atoms with E-state index in [0.29, 0.717) is 0 Å². The zero-order chi connectivity index (χ0) is 15.1. The van der Waals surface area contributed by atoms with Crippen LogP contribution >= 0.6 is 0 Å². The first-order chi connectivity index (χ1) is 9.95. The zero-order valence-corrected chi connectivity index (χ0v) is 10.8. The number of fused-ring (bicyclic) bond motifs is 2. The largest absolute Gasteiger partial charge is 0.278 e. The molecule has 1 aromatic carbocycles. The van der Waals surface area contributed by atoms with Crippen LogP contribution in [0.3, 0.4) is 0 Å². The monoisotopic (exact) mass is 293 g/mol. The molecule has 1 aliphatic carbocycles. The molecule has 1 aliphatic heterocycles. The molecule has 1 saturated carbocycles. The van der Waals surface area contributed by atoms with Crippen LogP contribution in [0.1, 0.15) is 29.6 Å². The highest BCUT2D eigenvalue weighted by atomic mass is 16.7. The van der Waals surface area contributed by atoms with Gasteiger partial charge in [-0.1, -0.05) is 0 Å². The molecule has 2 atom stereocenters. The Hall–Kier alpha value is -2.55. The van der Waals surface area contributed by atoms with Gasteiger partial charge in [0.1, 0.15) is 0 Å². The normalized spacial score (nSPS) is 23.3. The molecule has 2 unspecified atom stereocenters. The third kappa shape index (κ3) is 2.31. The van der Waals surface area contributed by atoms with Gasteiger partial charge in [-0.25, -0.2) is 5.06 Å². The van der Waals surface area contributed by atoms with Gasteiger partial charge in [-0.2, -0.15) is 0 Å². The number of carbonyl (C=O) groups is 1. The van der Waals surface area contributed by atoms with Crippen LogP contribution in [0.5, 0.6) is 0 Å². The molecule has 0 aromatic heterocycles. The summed E-state index contributed by atoms with van der Waals surface area (Å²) in [6.07, 6.45) is 2.42. The molecule has 0 spiro atoms. The number of nitro benzene ring substituents is 2. The summed E-state index contributed by atoms with van der Waals surface area (Å²) in [7, 11) is 0. The number of nitrogens with zero attached hydrogens (tertiary/aromatic N) is 3. The molecule has 1 saturated heterocycles. The molecule has 0 radical (unpaired) electrons. The maximum Gasteiger partial charge on any atom is 0.278 e. The van der Waals surface area contributed by atoms with Crippen LogP contribution in [0.15, 0.2) is 18.2 Å². The van der Waals surface area contributed by atoms with Gasteiger partial charge >= 0.3 is 0 Å². The Bertz CT molecular complexity index is 614. The van der Waals surface area contributed by atoms with E-state index in [1.54, 1.807) is 0 Å². The summed E-state index contributed by atoms with van der Waals surface area (Å²) < 4.78 is 0. The van der Waals surface area contributed by atoms with Gasteiger partial charge in [0.2, 0.25) is 0 Å². The number of hydrogen-bond acceptors (Lipinski definition) is 6. The van der Waals surface area contributed by atoms with Gasteiger partial charge < -0.3 is 0 Å². The predicted molar refractivity (Wildman–Crippen MR) is 68.4 cm³/mol. The minimum atomic E-state index is -0.763. The van der Waals surface area contributed by atoms with Gasteiger partial charge in [-0.05, 0) is 19.3 Å². The number of non-ortho nitro benzene ring substituents is 2. The fourth-order valence-corrected chi connectivity index (χ4v) is 2.74. The van der Waals surface area contributed by atoms with Crippen molar-refractivity contribution in [2.45, 2.75) is 31.4 Å². The number of amides is 1. The van der Waals surface area contributed by atoms with Crippen LogP contribution in [-0.2, 0) is 4.84 Å². The first kappa shape index (κ1) is 13.4. The lowest BCUT2D eigenvalue weighted by atomic mass is 10.1. The molecule has 2 bridgehead atoms. The minimum Gasteiger partial charge on any atom is -0.267 e. The highest BCUT2D eigenvalue weighted by molar-refractivity contribution is 5.95.